The summed E-state index contributed by atoms with van der Waals surface area (Å²) < 4.78 is 50.7. The van der Waals surface area contributed by atoms with Gasteiger partial charge in [0.2, 0.25) is 17.9 Å². The quantitative estimate of drug-likeness (QED) is 0.715. The zero-order valence-corrected chi connectivity index (χ0v) is 14.3. The van der Waals surface area contributed by atoms with Gasteiger partial charge in [0.15, 0.2) is 0 Å². The summed E-state index contributed by atoms with van der Waals surface area (Å²) in [7, 11) is 1.55. The molecule has 0 bridgehead atoms. The lowest BCUT2D eigenvalue weighted by Gasteiger charge is -2.21. The second-order valence-electron chi connectivity index (χ2n) is 5.65. The number of aromatic nitrogens is 2. The Balaban J connectivity index is 1.89. The van der Waals surface area contributed by atoms with Gasteiger partial charge >= 0.3 is 6.18 Å². The third kappa shape index (κ3) is 4.46. The molecule has 0 saturated carbocycles. The number of alkyl halides is 3. The van der Waals surface area contributed by atoms with Gasteiger partial charge in [0.25, 0.3) is 0 Å². The first kappa shape index (κ1) is 18.5. The summed E-state index contributed by atoms with van der Waals surface area (Å²) in [4.78, 5) is 7.30. The number of hydrogen-bond acceptors (Lipinski definition) is 5. The maximum atomic E-state index is 13.5. The fourth-order valence-corrected chi connectivity index (χ4v) is 2.52. The molecule has 1 heterocycles. The number of methoxy groups -OCH3 is 1. The van der Waals surface area contributed by atoms with Gasteiger partial charge in [-0.3, -0.25) is 0 Å². The van der Waals surface area contributed by atoms with Gasteiger partial charge in [-0.25, -0.2) is 4.98 Å². The molecule has 8 heteroatoms. The van der Waals surface area contributed by atoms with E-state index in [4.69, 9.17) is 15.2 Å². The van der Waals surface area contributed by atoms with Crippen LogP contribution in [0.25, 0.3) is 11.1 Å². The van der Waals surface area contributed by atoms with Gasteiger partial charge in [0.05, 0.1) is 7.11 Å². The molecule has 0 spiro atoms. The monoisotopic (exact) mass is 375 g/mol. The van der Waals surface area contributed by atoms with Crippen LogP contribution in [-0.4, -0.2) is 23.3 Å². The lowest BCUT2D eigenvalue weighted by atomic mass is 10.0. The number of ether oxygens (including phenoxy) is 2. The second-order valence-corrected chi connectivity index (χ2v) is 5.65. The van der Waals surface area contributed by atoms with Gasteiger partial charge in [-0.15, -0.1) is 0 Å². The fourth-order valence-electron chi connectivity index (χ4n) is 2.52. The molecule has 3 rings (SSSR count). The highest BCUT2D eigenvalue weighted by atomic mass is 19.4. The summed E-state index contributed by atoms with van der Waals surface area (Å²) in [5.41, 5.74) is 6.93. The van der Waals surface area contributed by atoms with Crippen molar-refractivity contribution in [3.8, 4) is 22.8 Å². The zero-order chi connectivity index (χ0) is 19.4. The summed E-state index contributed by atoms with van der Waals surface area (Å²) in [6.07, 6.45) is -5.57. The van der Waals surface area contributed by atoms with Crippen LogP contribution in [0.4, 0.5) is 19.1 Å². The molecule has 1 atom stereocenters. The SMILES string of the molecule is COc1cccc(-c2ccc([C@H](Oc3ccnc(N)n3)C(F)(F)F)cc2)c1. The largest absolute Gasteiger partial charge is 0.497 e. The third-order valence-electron chi connectivity index (χ3n) is 3.80. The molecule has 0 amide bonds. The molecule has 2 N–H and O–H groups in total. The molecule has 1 aromatic heterocycles. The minimum atomic E-state index is -4.63. The van der Waals surface area contributed by atoms with E-state index in [1.165, 1.54) is 24.4 Å². The Kier molecular flexibility index (Phi) is 5.16. The first-order valence-corrected chi connectivity index (χ1v) is 7.93. The minimum Gasteiger partial charge on any atom is -0.497 e. The van der Waals surface area contributed by atoms with Crippen molar-refractivity contribution in [2.75, 3.05) is 12.8 Å². The smallest absolute Gasteiger partial charge is 0.429 e. The van der Waals surface area contributed by atoms with Crippen molar-refractivity contribution in [3.05, 3.63) is 66.4 Å². The van der Waals surface area contributed by atoms with Crippen LogP contribution in [0.1, 0.15) is 11.7 Å². The molecular formula is C19H16F3N3O2. The Morgan fingerprint density at radius 1 is 1.00 bits per heavy atom. The van der Waals surface area contributed by atoms with Crippen molar-refractivity contribution in [3.63, 3.8) is 0 Å². The van der Waals surface area contributed by atoms with Crippen LogP contribution in [0, 0.1) is 0 Å². The van der Waals surface area contributed by atoms with Crippen LogP contribution >= 0.6 is 0 Å². The fraction of sp³-hybridized carbons (Fsp3) is 0.158. The highest BCUT2D eigenvalue weighted by Crippen LogP contribution is 2.37. The number of hydrogen-bond donors (Lipinski definition) is 1. The topological polar surface area (TPSA) is 70.3 Å². The van der Waals surface area contributed by atoms with Crippen LogP contribution in [0.15, 0.2) is 60.8 Å². The molecule has 0 unspecified atom stereocenters. The van der Waals surface area contributed by atoms with E-state index >= 15 is 0 Å². The van der Waals surface area contributed by atoms with E-state index in [9.17, 15) is 13.2 Å². The van der Waals surface area contributed by atoms with Crippen molar-refractivity contribution >= 4 is 5.95 Å². The standard InChI is InChI=1S/C19H16F3N3O2/c1-26-15-4-2-3-14(11-15)12-5-7-13(8-6-12)17(19(20,21)22)27-16-9-10-24-18(23)25-16/h2-11,17H,1H3,(H2,23,24,25)/t17-/m0/s1. The predicted octanol–water partition coefficient (Wildman–Crippen LogP) is 4.42. The summed E-state index contributed by atoms with van der Waals surface area (Å²) >= 11 is 0. The molecular weight excluding hydrogens is 359 g/mol. The zero-order valence-electron chi connectivity index (χ0n) is 14.3. The maximum absolute atomic E-state index is 13.5. The van der Waals surface area contributed by atoms with Crippen LogP contribution < -0.4 is 15.2 Å². The number of anilines is 1. The number of rotatable bonds is 5. The summed E-state index contributed by atoms with van der Waals surface area (Å²) in [6.45, 7) is 0. The lowest BCUT2D eigenvalue weighted by Crippen LogP contribution is -2.26. The summed E-state index contributed by atoms with van der Waals surface area (Å²) in [6, 6.07) is 14.4. The van der Waals surface area contributed by atoms with Gasteiger partial charge in [0.1, 0.15) is 5.75 Å². The molecule has 0 fully saturated rings. The van der Waals surface area contributed by atoms with Crippen molar-refractivity contribution in [2.24, 2.45) is 0 Å². The molecule has 0 saturated heterocycles. The molecule has 0 radical (unpaired) electrons. The highest BCUT2D eigenvalue weighted by Gasteiger charge is 2.43. The van der Waals surface area contributed by atoms with Crippen molar-refractivity contribution < 1.29 is 22.6 Å². The second kappa shape index (κ2) is 7.53. The number of benzene rings is 2. The lowest BCUT2D eigenvalue weighted by molar-refractivity contribution is -0.198. The highest BCUT2D eigenvalue weighted by molar-refractivity contribution is 5.65. The minimum absolute atomic E-state index is 0.0497. The maximum Gasteiger partial charge on any atom is 0.429 e. The average molecular weight is 375 g/mol. The molecule has 2 aromatic carbocycles. The van der Waals surface area contributed by atoms with Crippen molar-refractivity contribution in [2.45, 2.75) is 12.3 Å². The molecule has 5 nitrogen and oxygen atoms in total. The van der Waals surface area contributed by atoms with Gasteiger partial charge in [0, 0.05) is 17.8 Å². The van der Waals surface area contributed by atoms with Crippen LogP contribution in [0.2, 0.25) is 0 Å². The molecule has 0 aliphatic rings. The van der Waals surface area contributed by atoms with E-state index in [0.717, 1.165) is 11.1 Å². The molecule has 27 heavy (non-hydrogen) atoms. The number of nitrogen functional groups attached to an aromatic ring is 1. The van der Waals surface area contributed by atoms with Gasteiger partial charge in [-0.1, -0.05) is 36.4 Å². The van der Waals surface area contributed by atoms with Gasteiger partial charge < -0.3 is 15.2 Å². The van der Waals surface area contributed by atoms with Crippen LogP contribution in [0.5, 0.6) is 11.6 Å². The Hall–Kier alpha value is -3.29. The molecule has 3 aromatic rings. The van der Waals surface area contributed by atoms with Crippen LogP contribution in [0.3, 0.4) is 0 Å². The number of halogens is 3. The van der Waals surface area contributed by atoms with E-state index in [1.54, 1.807) is 31.4 Å². The van der Waals surface area contributed by atoms with Crippen molar-refractivity contribution in [1.82, 2.24) is 9.97 Å². The normalized spacial score (nSPS) is 12.4. The van der Waals surface area contributed by atoms with Gasteiger partial charge in [-0.05, 0) is 23.3 Å². The summed E-state index contributed by atoms with van der Waals surface area (Å²) in [5, 5.41) is 0. The Labute approximate surface area is 153 Å². The molecule has 140 valence electrons. The Morgan fingerprint density at radius 3 is 2.37 bits per heavy atom. The van der Waals surface area contributed by atoms with E-state index in [0.29, 0.717) is 5.75 Å². The number of nitrogens with zero attached hydrogens (tertiary/aromatic N) is 2. The van der Waals surface area contributed by atoms with Crippen LogP contribution in [-0.2, 0) is 0 Å². The van der Waals surface area contributed by atoms with E-state index < -0.39 is 12.3 Å². The summed E-state index contributed by atoms with van der Waals surface area (Å²) in [5.74, 6) is 0.248. The average Bonchev–Trinajstić information content (AvgIpc) is 2.65. The van der Waals surface area contributed by atoms with E-state index in [-0.39, 0.29) is 17.4 Å². The van der Waals surface area contributed by atoms with E-state index in [1.807, 2.05) is 12.1 Å². The Morgan fingerprint density at radius 2 is 1.74 bits per heavy atom. The molecule has 0 aliphatic heterocycles. The Bertz CT molecular complexity index is 915. The first-order valence-electron chi connectivity index (χ1n) is 7.93. The van der Waals surface area contributed by atoms with Gasteiger partial charge in [-0.2, -0.15) is 18.2 Å². The van der Waals surface area contributed by atoms with Crippen molar-refractivity contribution in [1.29, 1.82) is 0 Å². The van der Waals surface area contributed by atoms with E-state index in [2.05, 4.69) is 9.97 Å². The predicted molar refractivity (Wildman–Crippen MR) is 94.3 cm³/mol. The number of nitrogens with two attached hydrogens (primary N) is 1. The molecule has 0 aliphatic carbocycles. The third-order valence-corrected chi connectivity index (χ3v) is 3.80. The first-order chi connectivity index (χ1) is 12.9.